The van der Waals surface area contributed by atoms with E-state index in [0.29, 0.717) is 18.6 Å². The van der Waals surface area contributed by atoms with Crippen LogP contribution in [0.4, 0.5) is 0 Å². The lowest BCUT2D eigenvalue weighted by Gasteiger charge is -2.39. The molecular formula is C28H36N2O3S. The first kappa shape index (κ1) is 23.6. The van der Waals surface area contributed by atoms with E-state index in [0.717, 1.165) is 85.8 Å². The molecule has 1 aromatic carbocycles. The van der Waals surface area contributed by atoms with Crippen LogP contribution in [0.3, 0.4) is 0 Å². The van der Waals surface area contributed by atoms with Crippen molar-refractivity contribution >= 4 is 22.2 Å². The van der Waals surface area contributed by atoms with Crippen molar-refractivity contribution in [1.29, 1.82) is 0 Å². The molecule has 1 fully saturated rings. The normalized spacial score (nSPS) is 20.1. The SMILES string of the molecule is CCCOc1cc2c(c3c(=O)c(-c4ccsc4)cn(C(O)(CC)C4CCCNCC4)c13)CCC2. The molecule has 5 nitrogen and oxygen atoms in total. The van der Waals surface area contributed by atoms with Crippen molar-refractivity contribution < 1.29 is 9.84 Å². The van der Waals surface area contributed by atoms with E-state index in [4.69, 9.17) is 4.74 Å². The molecule has 2 atom stereocenters. The molecule has 1 saturated heterocycles. The molecule has 0 saturated carbocycles. The highest BCUT2D eigenvalue weighted by Gasteiger charge is 2.39. The molecule has 2 N–H and O–H groups in total. The maximum absolute atomic E-state index is 14.1. The number of ether oxygens (including phenoxy) is 1. The summed E-state index contributed by atoms with van der Waals surface area (Å²) in [6.45, 7) is 6.63. The summed E-state index contributed by atoms with van der Waals surface area (Å²) in [4.78, 5) is 14.1. The Morgan fingerprint density at radius 3 is 2.88 bits per heavy atom. The number of fused-ring (bicyclic) bond motifs is 3. The Morgan fingerprint density at radius 2 is 2.12 bits per heavy atom. The van der Waals surface area contributed by atoms with Gasteiger partial charge in [-0.05, 0) is 104 Å². The molecule has 3 heterocycles. The minimum atomic E-state index is -1.10. The topological polar surface area (TPSA) is 63.5 Å². The van der Waals surface area contributed by atoms with E-state index in [1.807, 2.05) is 27.6 Å². The minimum absolute atomic E-state index is 0.0609. The second-order valence-electron chi connectivity index (χ2n) is 9.80. The number of thiophene rings is 1. The Kier molecular flexibility index (Phi) is 6.83. The highest BCUT2D eigenvalue weighted by atomic mass is 32.1. The fraction of sp³-hybridized carbons (Fsp3) is 0.536. The van der Waals surface area contributed by atoms with Gasteiger partial charge in [0, 0.05) is 17.7 Å². The average Bonchev–Trinajstić information content (AvgIpc) is 3.48. The van der Waals surface area contributed by atoms with Crippen LogP contribution < -0.4 is 15.5 Å². The van der Waals surface area contributed by atoms with Gasteiger partial charge in [0.05, 0.1) is 17.5 Å². The molecule has 0 amide bonds. The van der Waals surface area contributed by atoms with Crippen molar-refractivity contribution in [1.82, 2.24) is 9.88 Å². The molecule has 0 bridgehead atoms. The van der Waals surface area contributed by atoms with Gasteiger partial charge in [-0.15, -0.1) is 0 Å². The second-order valence-corrected chi connectivity index (χ2v) is 10.6. The van der Waals surface area contributed by atoms with Gasteiger partial charge in [-0.3, -0.25) is 4.79 Å². The molecule has 2 unspecified atom stereocenters. The molecule has 1 aliphatic carbocycles. The van der Waals surface area contributed by atoms with E-state index >= 15 is 0 Å². The molecule has 182 valence electrons. The highest BCUT2D eigenvalue weighted by Crippen LogP contribution is 2.42. The van der Waals surface area contributed by atoms with Gasteiger partial charge < -0.3 is 19.7 Å². The van der Waals surface area contributed by atoms with Crippen LogP contribution in [0.25, 0.3) is 22.0 Å². The van der Waals surface area contributed by atoms with Crippen LogP contribution in [0.15, 0.2) is 33.9 Å². The predicted octanol–water partition coefficient (Wildman–Crippen LogP) is 5.45. The lowest BCUT2D eigenvalue weighted by molar-refractivity contribution is -0.0963. The van der Waals surface area contributed by atoms with Crippen LogP contribution >= 0.6 is 11.3 Å². The number of nitrogens with zero attached hydrogens (tertiary/aromatic N) is 1. The molecule has 2 aliphatic rings. The third-order valence-electron chi connectivity index (χ3n) is 7.77. The highest BCUT2D eigenvalue weighted by molar-refractivity contribution is 7.08. The summed E-state index contributed by atoms with van der Waals surface area (Å²) in [7, 11) is 0. The first-order valence-corrected chi connectivity index (χ1v) is 13.9. The van der Waals surface area contributed by atoms with Gasteiger partial charge in [-0.1, -0.05) is 13.8 Å². The summed E-state index contributed by atoms with van der Waals surface area (Å²) in [5, 5.41) is 20.7. The summed E-state index contributed by atoms with van der Waals surface area (Å²) in [5.74, 6) is 0.839. The largest absolute Gasteiger partial charge is 0.491 e. The Balaban J connectivity index is 1.85. The van der Waals surface area contributed by atoms with Crippen LogP contribution in [0, 0.1) is 5.92 Å². The molecule has 34 heavy (non-hydrogen) atoms. The molecule has 1 aliphatic heterocycles. The summed E-state index contributed by atoms with van der Waals surface area (Å²) in [6.07, 6.45) is 9.21. The third kappa shape index (κ3) is 4.00. The standard InChI is InChI=1S/C28H36N2O3S/c1-3-14-33-24-16-19-7-5-9-22(19)25-26(24)30(17-23(27(25)31)20-11-15-34-18-20)28(32,4-2)21-8-6-12-29-13-10-21/h11,15-18,21,29,32H,3-10,12-14H2,1-2H3. The Bertz CT molecular complexity index is 1210. The Morgan fingerprint density at radius 1 is 1.24 bits per heavy atom. The van der Waals surface area contributed by atoms with Gasteiger partial charge in [-0.25, -0.2) is 0 Å². The predicted molar refractivity (Wildman–Crippen MR) is 140 cm³/mol. The van der Waals surface area contributed by atoms with E-state index in [1.54, 1.807) is 11.3 Å². The van der Waals surface area contributed by atoms with E-state index in [1.165, 1.54) is 5.56 Å². The van der Waals surface area contributed by atoms with Crippen molar-refractivity contribution in [3.63, 3.8) is 0 Å². The van der Waals surface area contributed by atoms with E-state index in [2.05, 4.69) is 25.2 Å². The van der Waals surface area contributed by atoms with Gasteiger partial charge in [0.1, 0.15) is 11.5 Å². The van der Waals surface area contributed by atoms with Crippen LogP contribution in [-0.2, 0) is 18.6 Å². The molecule has 0 radical (unpaired) electrons. The molecule has 6 heteroatoms. The zero-order valence-electron chi connectivity index (χ0n) is 20.4. The zero-order chi connectivity index (χ0) is 23.7. The smallest absolute Gasteiger partial charge is 0.197 e. The summed E-state index contributed by atoms with van der Waals surface area (Å²) in [6, 6.07) is 4.15. The van der Waals surface area contributed by atoms with E-state index < -0.39 is 5.72 Å². The fourth-order valence-corrected chi connectivity index (χ4v) is 6.62. The number of pyridine rings is 1. The first-order valence-electron chi connectivity index (χ1n) is 12.9. The quantitative estimate of drug-likeness (QED) is 0.472. The summed E-state index contributed by atoms with van der Waals surface area (Å²) >= 11 is 1.59. The number of rotatable bonds is 7. The number of benzene rings is 1. The van der Waals surface area contributed by atoms with Crippen molar-refractivity contribution in [3.8, 4) is 16.9 Å². The van der Waals surface area contributed by atoms with Crippen LogP contribution in [0.2, 0.25) is 0 Å². The maximum Gasteiger partial charge on any atom is 0.197 e. The van der Waals surface area contributed by atoms with Gasteiger partial charge in [0.2, 0.25) is 0 Å². The monoisotopic (exact) mass is 480 g/mol. The number of aromatic nitrogens is 1. The lowest BCUT2D eigenvalue weighted by Crippen LogP contribution is -2.42. The third-order valence-corrected chi connectivity index (χ3v) is 8.45. The lowest BCUT2D eigenvalue weighted by atomic mass is 9.85. The zero-order valence-corrected chi connectivity index (χ0v) is 21.2. The summed E-state index contributed by atoms with van der Waals surface area (Å²) < 4.78 is 8.33. The van der Waals surface area contributed by atoms with Crippen LogP contribution in [0.1, 0.15) is 63.5 Å². The van der Waals surface area contributed by atoms with Gasteiger partial charge in [0.15, 0.2) is 5.43 Å². The van der Waals surface area contributed by atoms with Crippen molar-refractivity contribution in [2.75, 3.05) is 19.7 Å². The van der Waals surface area contributed by atoms with Crippen LogP contribution in [0.5, 0.6) is 5.75 Å². The van der Waals surface area contributed by atoms with Gasteiger partial charge in [-0.2, -0.15) is 11.3 Å². The summed E-state index contributed by atoms with van der Waals surface area (Å²) in [5.41, 5.74) is 3.72. The van der Waals surface area contributed by atoms with Crippen molar-refractivity contribution in [3.05, 3.63) is 50.4 Å². The number of aryl methyl sites for hydroxylation is 2. The first-order chi connectivity index (χ1) is 16.6. The minimum Gasteiger partial charge on any atom is -0.491 e. The molecule has 3 aromatic rings. The number of hydrogen-bond acceptors (Lipinski definition) is 5. The van der Waals surface area contributed by atoms with Crippen molar-refractivity contribution in [2.24, 2.45) is 5.92 Å². The molecule has 5 rings (SSSR count). The van der Waals surface area contributed by atoms with Gasteiger partial charge in [0.25, 0.3) is 0 Å². The van der Waals surface area contributed by atoms with Gasteiger partial charge >= 0.3 is 0 Å². The Hall–Kier alpha value is -2.15. The van der Waals surface area contributed by atoms with E-state index in [9.17, 15) is 9.90 Å². The molecule has 0 spiro atoms. The molecule has 2 aromatic heterocycles. The van der Waals surface area contributed by atoms with Crippen LogP contribution in [-0.4, -0.2) is 29.4 Å². The Labute approximate surface area is 205 Å². The number of hydrogen-bond donors (Lipinski definition) is 2. The average molecular weight is 481 g/mol. The maximum atomic E-state index is 14.1. The fourth-order valence-electron chi connectivity index (χ4n) is 5.96. The number of nitrogens with one attached hydrogen (secondary N) is 1. The number of aliphatic hydroxyl groups is 1. The van der Waals surface area contributed by atoms with Crippen molar-refractivity contribution in [2.45, 2.75) is 70.9 Å². The van der Waals surface area contributed by atoms with E-state index in [-0.39, 0.29) is 11.3 Å². The molecular weight excluding hydrogens is 444 g/mol. The second kappa shape index (κ2) is 9.84.